The molecule has 3 N–H and O–H groups in total. The molecule has 0 saturated carbocycles. The van der Waals surface area contributed by atoms with Crippen LogP contribution in [0.1, 0.15) is 16.7 Å². The molecule has 4 amide bonds. The maximum atomic E-state index is 14.2. The number of phenolic OH excluding ortho intramolecular Hbond substituents is 1. The van der Waals surface area contributed by atoms with Gasteiger partial charge in [-0.1, -0.05) is 60.7 Å². The molecular weight excluding hydrogens is 546 g/mol. The number of piperazine rings is 1. The Morgan fingerprint density at radius 1 is 1.05 bits per heavy atom. The average Bonchev–Trinajstić information content (AvgIpc) is 3.50. The van der Waals surface area contributed by atoms with Gasteiger partial charge in [0, 0.05) is 31.4 Å². The van der Waals surface area contributed by atoms with Crippen LogP contribution in [0.2, 0.25) is 0 Å². The van der Waals surface area contributed by atoms with Crippen molar-refractivity contribution in [3.05, 3.63) is 108 Å². The van der Waals surface area contributed by atoms with Crippen LogP contribution in [0.15, 0.2) is 91.6 Å². The van der Waals surface area contributed by atoms with Crippen molar-refractivity contribution in [2.45, 2.75) is 31.7 Å². The highest BCUT2D eigenvalue weighted by Crippen LogP contribution is 2.30. The number of nitrogens with one attached hydrogen (secondary N) is 2. The number of rotatable bonds is 8. The number of hydrogen-bond donors (Lipinski definition) is 3. The van der Waals surface area contributed by atoms with Crippen molar-refractivity contribution < 1.29 is 19.5 Å². The standard InChI is InChI=1S/C32H33N7O4/c1-2-15-37-21-30(41)38-28(16-22-11-13-25(40)14-12-22)31(42)36(19-24-9-6-10-27-26(24)18-34-35-27)20-29(38)39(37)32(43)33-17-23-7-4-3-5-8-23/h2-14,18,28-29,40H,1,15-17,19-21H2,(H,33,43)(H,34,35)/t28-,29-/m0/s1. The monoisotopic (exact) mass is 579 g/mol. The molecule has 0 radical (unpaired) electrons. The first-order valence-electron chi connectivity index (χ1n) is 14.2. The summed E-state index contributed by atoms with van der Waals surface area (Å²) in [7, 11) is 0. The fourth-order valence-electron chi connectivity index (χ4n) is 5.93. The van der Waals surface area contributed by atoms with Crippen molar-refractivity contribution in [2.75, 3.05) is 19.6 Å². The number of aromatic nitrogens is 2. The molecule has 2 aliphatic rings. The van der Waals surface area contributed by atoms with Gasteiger partial charge in [0.1, 0.15) is 18.0 Å². The van der Waals surface area contributed by atoms with Crippen molar-refractivity contribution in [3.8, 4) is 5.75 Å². The minimum absolute atomic E-state index is 0.0744. The lowest BCUT2D eigenvalue weighted by atomic mass is 9.98. The van der Waals surface area contributed by atoms with Crippen LogP contribution in [0.25, 0.3) is 10.9 Å². The lowest BCUT2D eigenvalue weighted by Gasteiger charge is -2.55. The molecule has 11 heteroatoms. The number of carbonyl (C=O) groups is 3. The predicted molar refractivity (Wildman–Crippen MR) is 160 cm³/mol. The molecule has 2 fully saturated rings. The van der Waals surface area contributed by atoms with Crippen molar-refractivity contribution in [3.63, 3.8) is 0 Å². The molecule has 0 spiro atoms. The number of fused-ring (bicyclic) bond motifs is 2. The summed E-state index contributed by atoms with van der Waals surface area (Å²) in [4.78, 5) is 45.1. The van der Waals surface area contributed by atoms with Gasteiger partial charge in [0.05, 0.1) is 24.8 Å². The van der Waals surface area contributed by atoms with Gasteiger partial charge in [-0.15, -0.1) is 6.58 Å². The summed E-state index contributed by atoms with van der Waals surface area (Å²) in [5.41, 5.74) is 3.49. The van der Waals surface area contributed by atoms with E-state index in [-0.39, 0.29) is 56.2 Å². The second kappa shape index (κ2) is 12.0. The van der Waals surface area contributed by atoms with Gasteiger partial charge in [-0.2, -0.15) is 5.10 Å². The first-order valence-corrected chi connectivity index (χ1v) is 14.2. The predicted octanol–water partition coefficient (Wildman–Crippen LogP) is 3.01. The van der Waals surface area contributed by atoms with Gasteiger partial charge in [-0.25, -0.2) is 14.8 Å². The molecule has 4 aromatic rings. The Bertz CT molecular complexity index is 1640. The summed E-state index contributed by atoms with van der Waals surface area (Å²) in [6.45, 7) is 4.75. The van der Waals surface area contributed by atoms with Gasteiger partial charge >= 0.3 is 6.03 Å². The third kappa shape index (κ3) is 5.67. The first-order chi connectivity index (χ1) is 20.9. The van der Waals surface area contributed by atoms with E-state index in [0.717, 1.165) is 27.6 Å². The fourth-order valence-corrected chi connectivity index (χ4v) is 5.93. The van der Waals surface area contributed by atoms with Crippen LogP contribution in [0.4, 0.5) is 4.79 Å². The third-order valence-electron chi connectivity index (χ3n) is 7.97. The molecule has 2 saturated heterocycles. The van der Waals surface area contributed by atoms with Crippen molar-refractivity contribution in [1.82, 2.24) is 35.3 Å². The van der Waals surface area contributed by atoms with E-state index in [0.29, 0.717) is 6.54 Å². The molecular formula is C32H33N7O4. The highest BCUT2D eigenvalue weighted by molar-refractivity contribution is 5.92. The maximum Gasteiger partial charge on any atom is 0.334 e. The van der Waals surface area contributed by atoms with Gasteiger partial charge in [0.15, 0.2) is 0 Å². The van der Waals surface area contributed by atoms with E-state index in [1.165, 1.54) is 0 Å². The lowest BCUT2D eigenvalue weighted by Crippen LogP contribution is -2.76. The van der Waals surface area contributed by atoms with Crippen LogP contribution in [-0.4, -0.2) is 84.8 Å². The number of urea groups is 1. The van der Waals surface area contributed by atoms with E-state index >= 15 is 0 Å². The molecule has 11 nitrogen and oxygen atoms in total. The van der Waals surface area contributed by atoms with Crippen molar-refractivity contribution >= 4 is 28.7 Å². The summed E-state index contributed by atoms with van der Waals surface area (Å²) in [5.74, 6) is -0.338. The number of carbonyl (C=O) groups excluding carboxylic acids is 3. The van der Waals surface area contributed by atoms with E-state index in [2.05, 4.69) is 22.1 Å². The second-order valence-corrected chi connectivity index (χ2v) is 10.8. The van der Waals surface area contributed by atoms with E-state index in [4.69, 9.17) is 0 Å². The molecule has 3 aromatic carbocycles. The van der Waals surface area contributed by atoms with Gasteiger partial charge in [0.2, 0.25) is 11.8 Å². The average molecular weight is 580 g/mol. The van der Waals surface area contributed by atoms with Crippen molar-refractivity contribution in [2.24, 2.45) is 0 Å². The first kappa shape index (κ1) is 28.0. The van der Waals surface area contributed by atoms with Crippen molar-refractivity contribution in [1.29, 1.82) is 0 Å². The zero-order valence-electron chi connectivity index (χ0n) is 23.6. The summed E-state index contributed by atoms with van der Waals surface area (Å²) in [6, 6.07) is 20.7. The minimum Gasteiger partial charge on any atom is -0.508 e. The highest BCUT2D eigenvalue weighted by Gasteiger charge is 2.51. The fraction of sp³-hybridized carbons (Fsp3) is 0.250. The molecule has 0 bridgehead atoms. The van der Waals surface area contributed by atoms with Gasteiger partial charge in [-0.3, -0.25) is 14.7 Å². The normalized spacial score (nSPS) is 19.0. The Morgan fingerprint density at radius 3 is 2.60 bits per heavy atom. The number of aromatic amines is 1. The quantitative estimate of drug-likeness (QED) is 0.276. The van der Waals surface area contributed by atoms with Crippen LogP contribution in [-0.2, 0) is 29.1 Å². The molecule has 0 unspecified atom stereocenters. The molecule has 2 atom stereocenters. The SMILES string of the molecule is C=CCN1CC(=O)N2[C@@H](Cc3ccc(O)cc3)C(=O)N(Cc3cccc4[nH]ncc34)C[C@@H]2N1C(=O)NCc1ccccc1. The summed E-state index contributed by atoms with van der Waals surface area (Å²) in [5, 5.41) is 24.1. The molecule has 2 aliphatic heterocycles. The molecule has 3 heterocycles. The zero-order chi connectivity index (χ0) is 29.9. The Morgan fingerprint density at radius 2 is 1.84 bits per heavy atom. The summed E-state index contributed by atoms with van der Waals surface area (Å²) >= 11 is 0. The largest absolute Gasteiger partial charge is 0.508 e. The molecule has 0 aliphatic carbocycles. The number of phenols is 1. The Labute approximate surface area is 249 Å². The lowest BCUT2D eigenvalue weighted by molar-refractivity contribution is -0.189. The molecule has 43 heavy (non-hydrogen) atoms. The number of nitrogens with zero attached hydrogens (tertiary/aromatic N) is 5. The van der Waals surface area contributed by atoms with E-state index < -0.39 is 12.2 Å². The van der Waals surface area contributed by atoms with E-state index in [9.17, 15) is 19.5 Å². The van der Waals surface area contributed by atoms with Crippen LogP contribution in [0.3, 0.4) is 0 Å². The Kier molecular flexibility index (Phi) is 7.80. The van der Waals surface area contributed by atoms with Gasteiger partial charge in [-0.05, 0) is 34.9 Å². The Hall–Kier alpha value is -5.16. The Balaban J connectivity index is 1.36. The number of H-pyrrole nitrogens is 1. The van der Waals surface area contributed by atoms with Crippen LogP contribution in [0.5, 0.6) is 5.75 Å². The van der Waals surface area contributed by atoms with Crippen LogP contribution in [0, 0.1) is 0 Å². The highest BCUT2D eigenvalue weighted by atomic mass is 16.3. The molecule has 220 valence electrons. The van der Waals surface area contributed by atoms with Crippen LogP contribution >= 0.6 is 0 Å². The van der Waals surface area contributed by atoms with E-state index in [1.54, 1.807) is 56.4 Å². The smallest absolute Gasteiger partial charge is 0.334 e. The second-order valence-electron chi connectivity index (χ2n) is 10.8. The topological polar surface area (TPSA) is 125 Å². The summed E-state index contributed by atoms with van der Waals surface area (Å²) in [6.07, 6.45) is 2.87. The molecule has 6 rings (SSSR count). The number of aromatic hydroxyl groups is 1. The summed E-state index contributed by atoms with van der Waals surface area (Å²) < 4.78 is 0. The maximum absolute atomic E-state index is 14.2. The van der Waals surface area contributed by atoms with Gasteiger partial charge in [0.25, 0.3) is 0 Å². The van der Waals surface area contributed by atoms with E-state index in [1.807, 2.05) is 48.5 Å². The number of hydrogen-bond acceptors (Lipinski definition) is 6. The minimum atomic E-state index is -0.852. The zero-order valence-corrected chi connectivity index (χ0v) is 23.6. The molecule has 1 aromatic heterocycles. The number of hydrazine groups is 1. The van der Waals surface area contributed by atoms with Gasteiger partial charge < -0.3 is 20.2 Å². The van der Waals surface area contributed by atoms with Crippen LogP contribution < -0.4 is 5.32 Å². The third-order valence-corrected chi connectivity index (χ3v) is 7.97. The number of amides is 4. The number of benzene rings is 3.